The summed E-state index contributed by atoms with van der Waals surface area (Å²) in [5.74, 6) is 0.331. The largest absolute Gasteiger partial charge is 0.371 e. The maximum Gasteiger partial charge on any atom is 0.149 e. The number of nitrogens with zero attached hydrogens (tertiary/aromatic N) is 1. The molecule has 3 heteroatoms. The maximum atomic E-state index is 11.6. The van der Waals surface area contributed by atoms with Crippen LogP contribution >= 0.6 is 0 Å². The number of hydrogen-bond acceptors (Lipinski definition) is 3. The van der Waals surface area contributed by atoms with E-state index in [1.54, 1.807) is 0 Å². The minimum absolute atomic E-state index is 0.0716. The van der Waals surface area contributed by atoms with Gasteiger partial charge in [-0.25, -0.2) is 0 Å². The van der Waals surface area contributed by atoms with Gasteiger partial charge in [-0.3, -0.25) is 9.69 Å². The average molecular weight is 213 g/mol. The van der Waals surface area contributed by atoms with E-state index in [0.29, 0.717) is 12.2 Å². The molecule has 0 aromatic heterocycles. The van der Waals surface area contributed by atoms with E-state index in [4.69, 9.17) is 4.74 Å². The zero-order valence-electron chi connectivity index (χ0n) is 10.5. The van der Waals surface area contributed by atoms with Crippen molar-refractivity contribution in [1.29, 1.82) is 0 Å². The average Bonchev–Trinajstić information content (AvgIpc) is 2.42. The van der Waals surface area contributed by atoms with Crippen molar-refractivity contribution >= 4 is 5.78 Å². The van der Waals surface area contributed by atoms with Crippen LogP contribution < -0.4 is 0 Å². The van der Waals surface area contributed by atoms with E-state index in [2.05, 4.69) is 25.7 Å². The molecule has 0 aliphatic carbocycles. The molecule has 0 aromatic carbocycles. The van der Waals surface area contributed by atoms with Gasteiger partial charge < -0.3 is 4.74 Å². The highest BCUT2D eigenvalue weighted by Crippen LogP contribution is 2.24. The maximum absolute atomic E-state index is 11.6. The number of likely N-dealkylation sites (N-methyl/N-ethyl adjacent to an activating group) is 1. The van der Waals surface area contributed by atoms with E-state index >= 15 is 0 Å². The predicted octanol–water partition coefficient (Wildman–Crippen LogP) is 1.85. The Hall–Kier alpha value is -0.410. The van der Waals surface area contributed by atoms with Crippen LogP contribution in [0, 0.1) is 0 Å². The van der Waals surface area contributed by atoms with Crippen LogP contribution in [0.25, 0.3) is 0 Å². The lowest BCUT2D eigenvalue weighted by Crippen LogP contribution is -2.32. The summed E-state index contributed by atoms with van der Waals surface area (Å²) in [6.07, 6.45) is 1.67. The Morgan fingerprint density at radius 2 is 2.07 bits per heavy atom. The molecule has 1 saturated heterocycles. The first-order chi connectivity index (χ1) is 6.83. The zero-order valence-corrected chi connectivity index (χ0v) is 10.5. The topological polar surface area (TPSA) is 29.5 Å². The molecular weight excluding hydrogens is 190 g/mol. The third-order valence-corrected chi connectivity index (χ3v) is 2.75. The van der Waals surface area contributed by atoms with Crippen molar-refractivity contribution in [3.63, 3.8) is 0 Å². The van der Waals surface area contributed by atoms with Crippen molar-refractivity contribution in [1.82, 2.24) is 4.90 Å². The van der Waals surface area contributed by atoms with Crippen molar-refractivity contribution in [2.45, 2.75) is 58.3 Å². The molecule has 0 spiro atoms. The van der Waals surface area contributed by atoms with Crippen molar-refractivity contribution in [3.8, 4) is 0 Å². The Balaban J connectivity index is 2.52. The molecule has 1 aliphatic heterocycles. The standard InChI is InChI=1S/C12H23NO2/c1-6-11(14)10-7-9(8-13(10)5)15-12(2,3)4/h9-10H,6-8H2,1-5H3/t9-,10-/m0/s1. The molecule has 0 radical (unpaired) electrons. The van der Waals surface area contributed by atoms with E-state index in [9.17, 15) is 4.79 Å². The number of hydrogen-bond donors (Lipinski definition) is 0. The molecule has 2 atom stereocenters. The Labute approximate surface area is 92.8 Å². The van der Waals surface area contributed by atoms with Gasteiger partial charge in [0.15, 0.2) is 0 Å². The summed E-state index contributed by atoms with van der Waals surface area (Å²) in [5.41, 5.74) is -0.115. The highest BCUT2D eigenvalue weighted by atomic mass is 16.5. The van der Waals surface area contributed by atoms with Gasteiger partial charge >= 0.3 is 0 Å². The molecule has 3 nitrogen and oxygen atoms in total. The number of carbonyl (C=O) groups excluding carboxylic acids is 1. The molecule has 0 saturated carbocycles. The van der Waals surface area contributed by atoms with Crippen LogP contribution in [0.5, 0.6) is 0 Å². The number of rotatable bonds is 3. The number of likely N-dealkylation sites (tertiary alicyclic amines) is 1. The smallest absolute Gasteiger partial charge is 0.149 e. The van der Waals surface area contributed by atoms with Gasteiger partial charge in [-0.1, -0.05) is 6.92 Å². The SMILES string of the molecule is CCC(=O)[C@@H]1C[C@H](OC(C)(C)C)CN1C. The van der Waals surface area contributed by atoms with Crippen molar-refractivity contribution < 1.29 is 9.53 Å². The molecule has 1 fully saturated rings. The molecule has 15 heavy (non-hydrogen) atoms. The van der Waals surface area contributed by atoms with Crippen LogP contribution in [0.15, 0.2) is 0 Å². The monoisotopic (exact) mass is 213 g/mol. The number of carbonyl (C=O) groups is 1. The Bertz CT molecular complexity index is 232. The molecule has 0 amide bonds. The quantitative estimate of drug-likeness (QED) is 0.716. The first-order valence-electron chi connectivity index (χ1n) is 5.74. The summed E-state index contributed by atoms with van der Waals surface area (Å²) in [5, 5.41) is 0. The molecular formula is C12H23NO2. The van der Waals surface area contributed by atoms with E-state index in [1.165, 1.54) is 0 Å². The summed E-state index contributed by atoms with van der Waals surface area (Å²) in [7, 11) is 2.00. The number of ether oxygens (including phenoxy) is 1. The minimum Gasteiger partial charge on any atom is -0.371 e. The van der Waals surface area contributed by atoms with Gasteiger partial charge in [-0.05, 0) is 34.2 Å². The van der Waals surface area contributed by atoms with Gasteiger partial charge in [0.1, 0.15) is 5.78 Å². The van der Waals surface area contributed by atoms with E-state index in [1.807, 2.05) is 14.0 Å². The van der Waals surface area contributed by atoms with Gasteiger partial charge in [0.25, 0.3) is 0 Å². The summed E-state index contributed by atoms with van der Waals surface area (Å²) < 4.78 is 5.90. The minimum atomic E-state index is -0.115. The second-order valence-corrected chi connectivity index (χ2v) is 5.36. The Kier molecular flexibility index (Phi) is 3.90. The van der Waals surface area contributed by atoms with Gasteiger partial charge in [-0.2, -0.15) is 0 Å². The summed E-state index contributed by atoms with van der Waals surface area (Å²) in [6, 6.07) is 0.0716. The van der Waals surface area contributed by atoms with Crippen LogP contribution in [0.4, 0.5) is 0 Å². The zero-order chi connectivity index (χ0) is 11.6. The number of ketones is 1. The first-order valence-corrected chi connectivity index (χ1v) is 5.74. The highest BCUT2D eigenvalue weighted by molar-refractivity contribution is 5.84. The van der Waals surface area contributed by atoms with E-state index in [-0.39, 0.29) is 17.7 Å². The third kappa shape index (κ3) is 3.58. The normalized spacial score (nSPS) is 28.3. The van der Waals surface area contributed by atoms with Gasteiger partial charge in [0.05, 0.1) is 17.7 Å². The van der Waals surface area contributed by atoms with E-state index in [0.717, 1.165) is 13.0 Å². The summed E-state index contributed by atoms with van der Waals surface area (Å²) in [4.78, 5) is 13.8. The van der Waals surface area contributed by atoms with Crippen molar-refractivity contribution in [3.05, 3.63) is 0 Å². The fraction of sp³-hybridized carbons (Fsp3) is 0.917. The number of Topliss-reactive ketones (excluding diaryl/α,β-unsaturated/α-hetero) is 1. The molecule has 1 heterocycles. The van der Waals surface area contributed by atoms with Crippen molar-refractivity contribution in [2.75, 3.05) is 13.6 Å². The molecule has 88 valence electrons. The Morgan fingerprint density at radius 1 is 1.47 bits per heavy atom. The second-order valence-electron chi connectivity index (χ2n) is 5.36. The first kappa shape index (κ1) is 12.7. The summed E-state index contributed by atoms with van der Waals surface area (Å²) >= 11 is 0. The fourth-order valence-electron chi connectivity index (χ4n) is 2.15. The third-order valence-electron chi connectivity index (χ3n) is 2.75. The van der Waals surface area contributed by atoms with Crippen molar-refractivity contribution in [2.24, 2.45) is 0 Å². The van der Waals surface area contributed by atoms with Gasteiger partial charge in [-0.15, -0.1) is 0 Å². The van der Waals surface area contributed by atoms with Crippen LogP contribution in [0.2, 0.25) is 0 Å². The lowest BCUT2D eigenvalue weighted by Gasteiger charge is -2.24. The van der Waals surface area contributed by atoms with Gasteiger partial charge in [0, 0.05) is 13.0 Å². The lowest BCUT2D eigenvalue weighted by atomic mass is 10.1. The molecule has 1 rings (SSSR count). The highest BCUT2D eigenvalue weighted by Gasteiger charge is 2.35. The van der Waals surface area contributed by atoms with Crippen LogP contribution in [-0.4, -0.2) is 42.0 Å². The molecule has 0 unspecified atom stereocenters. The van der Waals surface area contributed by atoms with Gasteiger partial charge in [0.2, 0.25) is 0 Å². The molecule has 1 aliphatic rings. The van der Waals surface area contributed by atoms with Crippen LogP contribution in [0.3, 0.4) is 0 Å². The second kappa shape index (κ2) is 4.62. The summed E-state index contributed by atoms with van der Waals surface area (Å²) in [6.45, 7) is 8.97. The van der Waals surface area contributed by atoms with Crippen LogP contribution in [0.1, 0.15) is 40.5 Å². The lowest BCUT2D eigenvalue weighted by molar-refractivity contribution is -0.122. The fourth-order valence-corrected chi connectivity index (χ4v) is 2.15. The predicted molar refractivity (Wildman–Crippen MR) is 61.0 cm³/mol. The molecule has 0 aromatic rings. The molecule has 0 bridgehead atoms. The molecule has 0 N–H and O–H groups in total. The Morgan fingerprint density at radius 3 is 2.53 bits per heavy atom. The van der Waals surface area contributed by atoms with Crippen LogP contribution in [-0.2, 0) is 9.53 Å². The van der Waals surface area contributed by atoms with E-state index < -0.39 is 0 Å².